The smallest absolute Gasteiger partial charge is 0.220 e. The number of aliphatic hydroxyl groups excluding tert-OH is 16. The lowest BCUT2D eigenvalue weighted by Crippen LogP contribution is -2.70. The number of nitrogens with one attached hydrogen (secondary N) is 2. The molecule has 0 spiro atoms. The number of carbonyl (C=O) groups is 2. The third-order valence-corrected chi connectivity index (χ3v) is 21.2. The summed E-state index contributed by atoms with van der Waals surface area (Å²) in [6, 6.07) is -2.83. The predicted octanol–water partition coefficient (Wildman–Crippen LogP) is 2.73. The highest BCUT2D eigenvalue weighted by atomic mass is 16.8. The summed E-state index contributed by atoms with van der Waals surface area (Å²) in [6.07, 6.45) is -0.674. The zero-order chi connectivity index (χ0) is 77.3. The largest absolute Gasteiger partial charge is 0.394 e. The van der Waals surface area contributed by atoms with Crippen molar-refractivity contribution in [3.63, 3.8) is 0 Å². The van der Waals surface area contributed by atoms with Gasteiger partial charge in [-0.2, -0.15) is 0 Å². The van der Waals surface area contributed by atoms with Crippen molar-refractivity contribution in [1.29, 1.82) is 0 Å². The van der Waals surface area contributed by atoms with Gasteiger partial charge in [0.25, 0.3) is 0 Å². The van der Waals surface area contributed by atoms with Crippen LogP contribution in [0.3, 0.4) is 0 Å². The Morgan fingerprint density at radius 3 is 1.11 bits per heavy atom. The topological polar surface area (TPSA) is 474 Å². The number of rotatable bonds is 56. The molecule has 0 aliphatic carbocycles. The number of amides is 2. The second-order valence-corrected chi connectivity index (χ2v) is 29.9. The highest BCUT2D eigenvalue weighted by molar-refractivity contribution is 5.76. The third-order valence-electron chi connectivity index (χ3n) is 21.2. The van der Waals surface area contributed by atoms with Crippen LogP contribution in [-0.2, 0) is 57.0 Å². The highest BCUT2D eigenvalue weighted by Crippen LogP contribution is 2.37. The lowest BCUT2D eigenvalue weighted by molar-refractivity contribution is -0.386. The molecule has 18 N–H and O–H groups in total. The minimum Gasteiger partial charge on any atom is -0.394 e. The van der Waals surface area contributed by atoms with E-state index in [0.717, 1.165) is 58.3 Å². The molecule has 5 aliphatic rings. The van der Waals surface area contributed by atoms with Crippen molar-refractivity contribution < 1.29 is 139 Å². The normalized spacial score (nSPS) is 34.3. The summed E-state index contributed by atoms with van der Waals surface area (Å²) in [5.74, 6) is -1.17. The Morgan fingerprint density at radius 1 is 0.368 bits per heavy atom. The average molecular weight is 1530 g/mol. The first-order chi connectivity index (χ1) is 51.2. The zero-order valence-corrected chi connectivity index (χ0v) is 63.5. The van der Waals surface area contributed by atoms with Crippen LogP contribution in [0.4, 0.5) is 0 Å². The molecule has 0 aromatic heterocycles. The zero-order valence-electron chi connectivity index (χ0n) is 63.5. The van der Waals surface area contributed by atoms with Crippen LogP contribution in [0.5, 0.6) is 0 Å². The van der Waals surface area contributed by atoms with Crippen molar-refractivity contribution in [1.82, 2.24) is 10.6 Å². The highest BCUT2D eigenvalue weighted by Gasteiger charge is 2.57. The number of hydrogen-bond acceptors (Lipinski definition) is 28. The second-order valence-electron chi connectivity index (χ2n) is 29.9. The molecule has 5 saturated heterocycles. The predicted molar refractivity (Wildman–Crippen MR) is 386 cm³/mol. The van der Waals surface area contributed by atoms with Crippen LogP contribution >= 0.6 is 0 Å². The Balaban J connectivity index is 1.17. The minimum absolute atomic E-state index is 0.190. The van der Waals surface area contributed by atoms with E-state index in [2.05, 4.69) is 24.5 Å². The molecule has 2 amide bonds. The fraction of sp³-hybridized carbons (Fsp3) is 0.947. The Hall–Kier alpha value is -2.36. The molecule has 106 heavy (non-hydrogen) atoms. The van der Waals surface area contributed by atoms with Crippen molar-refractivity contribution in [2.45, 2.75) is 418 Å². The maximum atomic E-state index is 13.6. The van der Waals surface area contributed by atoms with Crippen molar-refractivity contribution in [3.8, 4) is 0 Å². The molecule has 10 unspecified atom stereocenters. The summed E-state index contributed by atoms with van der Waals surface area (Å²) in [5, 5.41) is 182. The van der Waals surface area contributed by atoms with E-state index >= 15 is 0 Å². The van der Waals surface area contributed by atoms with Crippen molar-refractivity contribution in [3.05, 3.63) is 12.2 Å². The molecule has 5 heterocycles. The van der Waals surface area contributed by atoms with Gasteiger partial charge < -0.3 is 140 Å². The number of allylic oxidation sites excluding steroid dienone is 1. The summed E-state index contributed by atoms with van der Waals surface area (Å²) in [4.78, 5) is 26.5. The number of hydrogen-bond donors (Lipinski definition) is 18. The van der Waals surface area contributed by atoms with E-state index in [-0.39, 0.29) is 12.3 Å². The molecular formula is C76H140N2O28. The lowest BCUT2D eigenvalue weighted by Gasteiger charge is -2.50. The summed E-state index contributed by atoms with van der Waals surface area (Å²) in [5.41, 5.74) is 0. The van der Waals surface area contributed by atoms with Gasteiger partial charge in [-0.15, -0.1) is 0 Å². The van der Waals surface area contributed by atoms with Crippen LogP contribution < -0.4 is 10.6 Å². The fourth-order valence-corrected chi connectivity index (χ4v) is 14.6. The molecule has 0 bridgehead atoms. The van der Waals surface area contributed by atoms with E-state index in [0.29, 0.717) is 12.8 Å². The van der Waals surface area contributed by atoms with Crippen LogP contribution in [0.2, 0.25) is 0 Å². The van der Waals surface area contributed by atoms with E-state index in [1.165, 1.54) is 161 Å². The van der Waals surface area contributed by atoms with E-state index in [1.807, 2.05) is 6.08 Å². The van der Waals surface area contributed by atoms with Gasteiger partial charge in [-0.25, -0.2) is 0 Å². The van der Waals surface area contributed by atoms with Gasteiger partial charge >= 0.3 is 0 Å². The van der Waals surface area contributed by atoms with Gasteiger partial charge in [0.05, 0.1) is 51.8 Å². The fourth-order valence-electron chi connectivity index (χ4n) is 14.6. The standard InChI is InChI=1S/C76H140N2O28/c1-4-6-8-10-12-14-16-18-19-20-21-22-23-24-25-26-27-29-31-33-35-37-39-41-56(86)78-49(50(85)40-38-36-34-32-30-28-17-15-13-11-9-7-5-2)47-97-73-65(94)63(92)68(55(46-83)102-73)103-75-66(95)70(60(89)53(44-81)100-75)105-72-57(77-48(3)84)69(59(88)52(43-80)98-72)104-76-67(96)71(61(90)54(45-82)101-76)106-74-64(93)62(91)58(87)51(42-79)99-74/h38,40,49-55,57-76,79-83,85,87-96H,4-37,39,41-47H2,1-3H3,(H,77,84)(H,78,86)/b40-38+/t49-,50+,51?,52?,53?,54?,55?,57?,58-,59+,60-,61-,62-,63+,64?,65?,66?,67?,68+,69+,70-,71-,72-,73+,74+,75-,76-/m0/s1. The molecular weight excluding hydrogens is 1390 g/mol. The van der Waals surface area contributed by atoms with Gasteiger partial charge in [-0.3, -0.25) is 9.59 Å². The van der Waals surface area contributed by atoms with Gasteiger partial charge in [0.2, 0.25) is 11.8 Å². The van der Waals surface area contributed by atoms with E-state index in [4.69, 9.17) is 47.4 Å². The second kappa shape index (κ2) is 53.6. The van der Waals surface area contributed by atoms with Gasteiger partial charge in [-0.1, -0.05) is 231 Å². The molecule has 5 fully saturated rings. The molecule has 0 radical (unpaired) electrons. The van der Waals surface area contributed by atoms with Crippen LogP contribution in [0.15, 0.2) is 12.2 Å². The molecule has 0 aromatic rings. The third kappa shape index (κ3) is 31.5. The number of carbonyl (C=O) groups excluding carboxylic acids is 2. The first kappa shape index (κ1) is 94.2. The first-order valence-corrected chi connectivity index (χ1v) is 40.5. The SMILES string of the molecule is CCCCCCCCCCCCC/C=C/[C@@H](O)[C@H](CO[C@@H]1OC(CO)[C@@H](O[C@@H]2OC(CO)[C@H](O)[C@H](O[C@@H]3OC(CO)[C@@H](O)[C@H](O[C@@H]4OC(CO)[C@H](O)[C@H](O[C@H]5OC(CO)[C@H](O)[C@H](O)C5O)C4O)C3NC(C)=O)C2O)[C@H](O)C1O)NC(=O)CCCCCCCCCCCCCCCCCCCCCCCCC. The maximum absolute atomic E-state index is 13.6. The minimum atomic E-state index is -2.18. The molecule has 0 aromatic carbocycles. The Bertz CT molecular complexity index is 2290. The van der Waals surface area contributed by atoms with Crippen LogP contribution in [0.25, 0.3) is 0 Å². The number of ether oxygens (including phenoxy) is 10. The first-order valence-electron chi connectivity index (χ1n) is 40.5. The van der Waals surface area contributed by atoms with E-state index in [1.54, 1.807) is 6.08 Å². The molecule has 5 rings (SSSR count). The van der Waals surface area contributed by atoms with E-state index < -0.39 is 211 Å². The van der Waals surface area contributed by atoms with E-state index in [9.17, 15) is 91.3 Å². The molecule has 27 atom stereocenters. The number of aliphatic hydroxyl groups is 16. The molecule has 30 nitrogen and oxygen atoms in total. The van der Waals surface area contributed by atoms with Crippen LogP contribution in [-0.4, -0.2) is 299 Å². The summed E-state index contributed by atoms with van der Waals surface area (Å²) in [6.45, 7) is 0.321. The summed E-state index contributed by atoms with van der Waals surface area (Å²) in [7, 11) is 0. The average Bonchev–Trinajstić information content (AvgIpc) is 0.767. The van der Waals surface area contributed by atoms with Gasteiger partial charge in [-0.05, 0) is 19.3 Å². The van der Waals surface area contributed by atoms with Crippen LogP contribution in [0.1, 0.15) is 252 Å². The van der Waals surface area contributed by atoms with Crippen molar-refractivity contribution in [2.24, 2.45) is 0 Å². The molecule has 5 aliphatic heterocycles. The summed E-state index contributed by atoms with van der Waals surface area (Å²) < 4.78 is 58.6. The quantitative estimate of drug-likeness (QED) is 0.0307. The lowest BCUT2D eigenvalue weighted by atomic mass is 9.94. The van der Waals surface area contributed by atoms with Crippen LogP contribution in [0, 0.1) is 0 Å². The molecule has 30 heteroatoms. The maximum Gasteiger partial charge on any atom is 0.220 e. The summed E-state index contributed by atoms with van der Waals surface area (Å²) >= 11 is 0. The van der Waals surface area contributed by atoms with Gasteiger partial charge in [0.15, 0.2) is 31.5 Å². The number of unbranched alkanes of at least 4 members (excludes halogenated alkanes) is 33. The molecule has 622 valence electrons. The Kier molecular flexibility index (Phi) is 47.7. The molecule has 0 saturated carbocycles. The van der Waals surface area contributed by atoms with Gasteiger partial charge in [0.1, 0.15) is 122 Å². The Labute approximate surface area is 628 Å². The Morgan fingerprint density at radius 2 is 0.698 bits per heavy atom. The van der Waals surface area contributed by atoms with Gasteiger partial charge in [0, 0.05) is 13.3 Å². The van der Waals surface area contributed by atoms with Crippen molar-refractivity contribution in [2.75, 3.05) is 39.6 Å². The monoisotopic (exact) mass is 1530 g/mol. The van der Waals surface area contributed by atoms with Crippen molar-refractivity contribution >= 4 is 11.8 Å².